The number of fused-ring (bicyclic) bond motifs is 1. The van der Waals surface area contributed by atoms with Crippen molar-refractivity contribution in [3.8, 4) is 0 Å². The number of hydrogen-bond donors (Lipinski definition) is 0. The Morgan fingerprint density at radius 1 is 1.23 bits per heavy atom. The van der Waals surface area contributed by atoms with E-state index in [1.54, 1.807) is 0 Å². The van der Waals surface area contributed by atoms with Crippen LogP contribution in [0.4, 0.5) is 0 Å². The molecular weight excluding hydrogens is 162 g/mol. The predicted molar refractivity (Wildman–Crippen MR) is 51.8 cm³/mol. The smallest absolute Gasteiger partial charge is 0.156 e. The van der Waals surface area contributed by atoms with E-state index in [0.717, 1.165) is 17.0 Å². The molecular formula is C10H13N3. The van der Waals surface area contributed by atoms with Crippen molar-refractivity contribution in [1.29, 1.82) is 0 Å². The number of hydrogen-bond acceptors (Lipinski definition) is 2. The van der Waals surface area contributed by atoms with Crippen molar-refractivity contribution in [1.82, 2.24) is 14.4 Å². The fraction of sp³-hybridized carbons (Fsp3) is 0.400. The van der Waals surface area contributed by atoms with Crippen molar-refractivity contribution in [2.45, 2.75) is 26.7 Å². The normalized spacial score (nSPS) is 11.4. The Morgan fingerprint density at radius 3 is 2.69 bits per heavy atom. The quantitative estimate of drug-likeness (QED) is 0.664. The van der Waals surface area contributed by atoms with Crippen LogP contribution in [0.1, 0.15) is 31.2 Å². The molecule has 0 aromatic carbocycles. The molecule has 2 aromatic heterocycles. The molecule has 2 aromatic rings. The molecule has 0 aliphatic rings. The fourth-order valence-corrected chi connectivity index (χ4v) is 1.43. The molecule has 0 saturated heterocycles. The second-order valence-electron chi connectivity index (χ2n) is 3.63. The van der Waals surface area contributed by atoms with Crippen LogP contribution in [-0.2, 0) is 0 Å². The molecule has 0 unspecified atom stereocenters. The summed E-state index contributed by atoms with van der Waals surface area (Å²) in [6.45, 7) is 6.31. The van der Waals surface area contributed by atoms with E-state index in [1.807, 2.05) is 19.3 Å². The van der Waals surface area contributed by atoms with Gasteiger partial charge in [0.05, 0.1) is 6.20 Å². The van der Waals surface area contributed by atoms with Crippen molar-refractivity contribution < 1.29 is 0 Å². The Morgan fingerprint density at radius 2 is 2.00 bits per heavy atom. The molecule has 13 heavy (non-hydrogen) atoms. The van der Waals surface area contributed by atoms with E-state index < -0.39 is 0 Å². The van der Waals surface area contributed by atoms with Gasteiger partial charge in [-0.25, -0.2) is 9.97 Å². The maximum Gasteiger partial charge on any atom is 0.156 e. The lowest BCUT2D eigenvalue weighted by molar-refractivity contribution is 0.766. The molecule has 0 saturated carbocycles. The van der Waals surface area contributed by atoms with Crippen LogP contribution in [0.2, 0.25) is 0 Å². The standard InChI is InChI=1S/C10H13N3/c1-7(2)10-12-5-9-11-4-8(3)6-13(9)10/h4-7H,1-3H3. The summed E-state index contributed by atoms with van der Waals surface area (Å²) in [7, 11) is 0. The summed E-state index contributed by atoms with van der Waals surface area (Å²) in [6, 6.07) is 0. The third kappa shape index (κ3) is 1.30. The average molecular weight is 175 g/mol. The number of imidazole rings is 1. The van der Waals surface area contributed by atoms with Gasteiger partial charge >= 0.3 is 0 Å². The molecule has 3 nitrogen and oxygen atoms in total. The zero-order chi connectivity index (χ0) is 9.42. The fourth-order valence-electron chi connectivity index (χ4n) is 1.43. The average Bonchev–Trinajstić information content (AvgIpc) is 2.46. The molecule has 0 radical (unpaired) electrons. The largest absolute Gasteiger partial charge is 0.288 e. The van der Waals surface area contributed by atoms with E-state index in [4.69, 9.17) is 0 Å². The summed E-state index contributed by atoms with van der Waals surface area (Å²) in [5.74, 6) is 1.51. The van der Waals surface area contributed by atoms with Crippen LogP contribution in [0.25, 0.3) is 5.65 Å². The highest BCUT2D eigenvalue weighted by molar-refractivity contribution is 5.37. The number of nitrogens with zero attached hydrogens (tertiary/aromatic N) is 3. The first kappa shape index (κ1) is 8.23. The van der Waals surface area contributed by atoms with E-state index in [1.165, 1.54) is 0 Å². The lowest BCUT2D eigenvalue weighted by Gasteiger charge is -2.03. The van der Waals surface area contributed by atoms with E-state index in [-0.39, 0.29) is 0 Å². The van der Waals surface area contributed by atoms with Gasteiger partial charge < -0.3 is 0 Å². The molecule has 0 bridgehead atoms. The number of aryl methyl sites for hydroxylation is 1. The highest BCUT2D eigenvalue weighted by Crippen LogP contribution is 2.14. The molecule has 0 aliphatic heterocycles. The van der Waals surface area contributed by atoms with Crippen molar-refractivity contribution in [3.63, 3.8) is 0 Å². The Balaban J connectivity index is 2.71. The third-order valence-corrected chi connectivity index (χ3v) is 2.06. The van der Waals surface area contributed by atoms with E-state index in [0.29, 0.717) is 5.92 Å². The van der Waals surface area contributed by atoms with Crippen molar-refractivity contribution in [2.24, 2.45) is 0 Å². The predicted octanol–water partition coefficient (Wildman–Crippen LogP) is 2.16. The summed E-state index contributed by atoms with van der Waals surface area (Å²) >= 11 is 0. The van der Waals surface area contributed by atoms with Gasteiger partial charge in [-0.15, -0.1) is 0 Å². The van der Waals surface area contributed by atoms with Gasteiger partial charge in [0.25, 0.3) is 0 Å². The highest BCUT2D eigenvalue weighted by atomic mass is 15.1. The van der Waals surface area contributed by atoms with Crippen LogP contribution in [0.15, 0.2) is 18.6 Å². The van der Waals surface area contributed by atoms with Gasteiger partial charge in [-0.05, 0) is 12.5 Å². The van der Waals surface area contributed by atoms with Gasteiger partial charge in [-0.1, -0.05) is 13.8 Å². The Labute approximate surface area is 77.4 Å². The molecule has 0 fully saturated rings. The molecule has 0 aliphatic carbocycles. The lowest BCUT2D eigenvalue weighted by atomic mass is 10.2. The Bertz CT molecular complexity index is 429. The second-order valence-corrected chi connectivity index (χ2v) is 3.63. The van der Waals surface area contributed by atoms with E-state index >= 15 is 0 Å². The van der Waals surface area contributed by atoms with Crippen molar-refractivity contribution in [3.05, 3.63) is 30.0 Å². The highest BCUT2D eigenvalue weighted by Gasteiger charge is 2.07. The topological polar surface area (TPSA) is 30.2 Å². The van der Waals surface area contributed by atoms with Gasteiger partial charge in [0.1, 0.15) is 5.82 Å². The first-order valence-corrected chi connectivity index (χ1v) is 4.48. The van der Waals surface area contributed by atoms with E-state index in [2.05, 4.69) is 34.4 Å². The molecule has 0 amide bonds. The van der Waals surface area contributed by atoms with Crippen molar-refractivity contribution in [2.75, 3.05) is 0 Å². The zero-order valence-corrected chi connectivity index (χ0v) is 8.15. The summed E-state index contributed by atoms with van der Waals surface area (Å²) in [5.41, 5.74) is 2.08. The van der Waals surface area contributed by atoms with Crippen molar-refractivity contribution >= 4 is 5.65 Å². The van der Waals surface area contributed by atoms with Crippen LogP contribution < -0.4 is 0 Å². The molecule has 0 atom stereocenters. The molecule has 68 valence electrons. The number of aromatic nitrogens is 3. The minimum atomic E-state index is 0.436. The molecule has 2 rings (SSSR count). The van der Waals surface area contributed by atoms with Gasteiger partial charge in [-0.3, -0.25) is 4.40 Å². The molecule has 3 heteroatoms. The van der Waals surface area contributed by atoms with E-state index in [9.17, 15) is 0 Å². The summed E-state index contributed by atoms with van der Waals surface area (Å²) < 4.78 is 2.06. The monoisotopic (exact) mass is 175 g/mol. The van der Waals surface area contributed by atoms with Gasteiger partial charge in [0, 0.05) is 18.3 Å². The third-order valence-electron chi connectivity index (χ3n) is 2.06. The Kier molecular flexibility index (Phi) is 1.79. The SMILES string of the molecule is Cc1cnc2cnc(C(C)C)n2c1. The van der Waals surface area contributed by atoms with Gasteiger partial charge in [-0.2, -0.15) is 0 Å². The zero-order valence-electron chi connectivity index (χ0n) is 8.15. The van der Waals surface area contributed by atoms with Crippen LogP contribution in [0.5, 0.6) is 0 Å². The van der Waals surface area contributed by atoms with Gasteiger partial charge in [0.15, 0.2) is 5.65 Å². The summed E-state index contributed by atoms with van der Waals surface area (Å²) in [4.78, 5) is 8.62. The maximum atomic E-state index is 4.34. The number of rotatable bonds is 1. The first-order valence-electron chi connectivity index (χ1n) is 4.48. The van der Waals surface area contributed by atoms with Crippen LogP contribution in [0.3, 0.4) is 0 Å². The summed E-state index contributed by atoms with van der Waals surface area (Å²) in [6.07, 6.45) is 5.75. The van der Waals surface area contributed by atoms with Gasteiger partial charge in [0.2, 0.25) is 0 Å². The van der Waals surface area contributed by atoms with Crippen LogP contribution >= 0.6 is 0 Å². The van der Waals surface area contributed by atoms with Crippen LogP contribution in [0, 0.1) is 6.92 Å². The second kappa shape index (κ2) is 2.83. The van der Waals surface area contributed by atoms with Crippen LogP contribution in [-0.4, -0.2) is 14.4 Å². The molecule has 0 N–H and O–H groups in total. The molecule has 2 heterocycles. The lowest BCUT2D eigenvalue weighted by Crippen LogP contribution is -1.98. The minimum Gasteiger partial charge on any atom is -0.288 e. The minimum absolute atomic E-state index is 0.436. The maximum absolute atomic E-state index is 4.34. The first-order chi connectivity index (χ1) is 6.18. The summed E-state index contributed by atoms with van der Waals surface area (Å²) in [5, 5.41) is 0. The Hall–Kier alpha value is -1.38. The molecule has 0 spiro atoms.